The molecular weight excluding hydrogens is 843 g/mol. The highest BCUT2D eigenvalue weighted by Crippen LogP contribution is 2.43. The monoisotopic (exact) mass is 897 g/mol. The van der Waals surface area contributed by atoms with Gasteiger partial charge in [0, 0.05) is 62.5 Å². The molecule has 2 bridgehead atoms. The second kappa shape index (κ2) is 18.2. The van der Waals surface area contributed by atoms with Crippen LogP contribution < -0.4 is 9.64 Å². The average molecular weight is 899 g/mol. The van der Waals surface area contributed by atoms with Crippen molar-refractivity contribution in [2.75, 3.05) is 44.8 Å². The van der Waals surface area contributed by atoms with Gasteiger partial charge in [-0.1, -0.05) is 35.3 Å². The number of fused-ring (bicyclic) bond motifs is 2. The van der Waals surface area contributed by atoms with E-state index in [1.807, 2.05) is 40.1 Å². The summed E-state index contributed by atoms with van der Waals surface area (Å²) in [4.78, 5) is 55.3. The van der Waals surface area contributed by atoms with E-state index < -0.39 is 58.2 Å². The molecule has 16 heteroatoms. The first-order chi connectivity index (χ1) is 29.3. The first-order valence-corrected chi connectivity index (χ1v) is 21.9. The minimum Gasteiger partial charge on any atom is -0.484 e. The number of benzene rings is 2. The third-order valence-corrected chi connectivity index (χ3v) is 12.0. The van der Waals surface area contributed by atoms with Crippen LogP contribution in [0.4, 0.5) is 24.2 Å². The minimum absolute atomic E-state index is 0.00238. The molecule has 3 atom stereocenters. The molecule has 0 radical (unpaired) electrons. The van der Waals surface area contributed by atoms with E-state index in [2.05, 4.69) is 0 Å². The number of carbonyl (C=O) groups excluding carboxylic acids is 3. The molecule has 0 unspecified atom stereocenters. The van der Waals surface area contributed by atoms with E-state index in [0.717, 1.165) is 41.7 Å². The van der Waals surface area contributed by atoms with Crippen molar-refractivity contribution in [2.24, 2.45) is 0 Å². The van der Waals surface area contributed by atoms with Gasteiger partial charge in [0.15, 0.2) is 11.6 Å². The van der Waals surface area contributed by atoms with Gasteiger partial charge >= 0.3 is 12.2 Å². The first-order valence-electron chi connectivity index (χ1n) is 21.1. The number of methoxy groups -OCH3 is 1. The molecule has 1 saturated carbocycles. The van der Waals surface area contributed by atoms with Crippen molar-refractivity contribution in [1.82, 2.24) is 19.7 Å². The molecule has 2 saturated heterocycles. The third kappa shape index (κ3) is 10.4. The van der Waals surface area contributed by atoms with Crippen molar-refractivity contribution >= 4 is 52.7 Å². The summed E-state index contributed by atoms with van der Waals surface area (Å²) in [5.74, 6) is -1.47. The van der Waals surface area contributed by atoms with Gasteiger partial charge in [-0.2, -0.15) is 0 Å². The van der Waals surface area contributed by atoms with Gasteiger partial charge in [0.05, 0.1) is 25.2 Å². The number of carbonyl (C=O) groups is 3. The van der Waals surface area contributed by atoms with Crippen molar-refractivity contribution in [1.29, 1.82) is 0 Å². The largest absolute Gasteiger partial charge is 0.484 e. The van der Waals surface area contributed by atoms with Gasteiger partial charge in [-0.25, -0.2) is 23.4 Å². The zero-order valence-electron chi connectivity index (χ0n) is 36.3. The highest BCUT2D eigenvalue weighted by Gasteiger charge is 2.51. The number of ether oxygens (including phenoxy) is 4. The molecule has 3 fully saturated rings. The number of aromatic nitrogens is 1. The topological polar surface area (TPSA) is 114 Å². The van der Waals surface area contributed by atoms with Crippen molar-refractivity contribution in [3.63, 3.8) is 0 Å². The standard InChI is InChI=1S/C46H55Cl2F2N5O7/c1-45(2,3)61-43(57)53-24-31-21-33(28-9-15-38(51-22-28)52-18-16-32(25-52)60-41-36(50)14-13-35(49)40(41)48)39(37(26-53)55(31)44(58)62-46(4,5)6)42(56)54(30-10-11-30)23-29-20-27(17-19-59-7)8-12-34(29)47/h8-9,12-15,20,22,30-32,37H,10-11,16-19,21,23-26H2,1-7H3/t31-,32-,37-/m1/s1. The van der Waals surface area contributed by atoms with Crippen LogP contribution in [0.3, 0.4) is 0 Å². The molecule has 12 nitrogen and oxygen atoms in total. The maximum Gasteiger partial charge on any atom is 0.411 e. The number of nitrogens with zero attached hydrogens (tertiary/aromatic N) is 5. The highest BCUT2D eigenvalue weighted by molar-refractivity contribution is 6.32. The van der Waals surface area contributed by atoms with Crippen molar-refractivity contribution in [3.05, 3.63) is 92.6 Å². The zero-order chi connectivity index (χ0) is 44.7. The fourth-order valence-electron chi connectivity index (χ4n) is 8.30. The summed E-state index contributed by atoms with van der Waals surface area (Å²) < 4.78 is 51.6. The lowest BCUT2D eigenvalue weighted by atomic mass is 9.81. The Kier molecular flexibility index (Phi) is 13.3. The predicted molar refractivity (Wildman–Crippen MR) is 232 cm³/mol. The lowest BCUT2D eigenvalue weighted by molar-refractivity contribution is -0.129. The summed E-state index contributed by atoms with van der Waals surface area (Å²) in [6, 6.07) is 10.0. The lowest BCUT2D eigenvalue weighted by Gasteiger charge is -2.51. The Balaban J connectivity index is 1.26. The van der Waals surface area contributed by atoms with Crippen LogP contribution in [0.2, 0.25) is 10.0 Å². The van der Waals surface area contributed by atoms with Crippen LogP contribution in [0.1, 0.15) is 83.9 Å². The Morgan fingerprint density at radius 3 is 2.26 bits per heavy atom. The zero-order valence-corrected chi connectivity index (χ0v) is 37.8. The van der Waals surface area contributed by atoms with E-state index in [4.69, 9.17) is 47.1 Å². The van der Waals surface area contributed by atoms with Crippen LogP contribution in [-0.2, 0) is 32.0 Å². The fourth-order valence-corrected chi connectivity index (χ4v) is 8.68. The molecule has 2 aromatic carbocycles. The van der Waals surface area contributed by atoms with Gasteiger partial charge in [-0.3, -0.25) is 9.69 Å². The number of hydrogen-bond acceptors (Lipinski definition) is 9. The molecule has 334 valence electrons. The Morgan fingerprint density at radius 1 is 0.887 bits per heavy atom. The summed E-state index contributed by atoms with van der Waals surface area (Å²) in [6.07, 6.45) is 3.17. The third-order valence-electron chi connectivity index (χ3n) is 11.3. The molecule has 3 aromatic rings. The molecule has 4 aliphatic rings. The van der Waals surface area contributed by atoms with Gasteiger partial charge in [-0.15, -0.1) is 0 Å². The number of pyridine rings is 1. The Bertz CT molecular complexity index is 2210. The summed E-state index contributed by atoms with van der Waals surface area (Å²) in [6.45, 7) is 12.6. The number of amides is 3. The number of hydrogen-bond donors (Lipinski definition) is 0. The van der Waals surface area contributed by atoms with Crippen LogP contribution in [0, 0.1) is 11.6 Å². The molecule has 0 spiro atoms. The van der Waals surface area contributed by atoms with Crippen LogP contribution in [0.15, 0.2) is 54.2 Å². The van der Waals surface area contributed by atoms with Gasteiger partial charge in [0.2, 0.25) is 0 Å². The highest BCUT2D eigenvalue weighted by atomic mass is 35.5. The molecule has 62 heavy (non-hydrogen) atoms. The fraction of sp³-hybridized carbons (Fsp3) is 0.522. The van der Waals surface area contributed by atoms with E-state index >= 15 is 4.79 Å². The minimum atomic E-state index is -0.886. The maximum atomic E-state index is 15.5. The van der Waals surface area contributed by atoms with Gasteiger partial charge < -0.3 is 33.6 Å². The Morgan fingerprint density at radius 2 is 1.60 bits per heavy atom. The number of halogens is 4. The first kappa shape index (κ1) is 45.4. The quantitative estimate of drug-likeness (QED) is 0.174. The SMILES string of the molecule is COCCc1ccc(Cl)c(CN(C(=O)C2=C(c3ccc(N4CC[C@@H](Oc5c(F)ccc(F)c5Cl)C4)nc3)C[C@@H]3CN(C(=O)OC(C)(C)C)C[C@H]2N3C(=O)OC(C)(C)C)C2CC2)c1. The molecule has 3 amide bonds. The van der Waals surface area contributed by atoms with E-state index in [1.165, 1.54) is 0 Å². The molecule has 0 N–H and O–H groups in total. The lowest BCUT2D eigenvalue weighted by Crippen LogP contribution is -2.66. The van der Waals surface area contributed by atoms with E-state index in [9.17, 15) is 18.4 Å². The average Bonchev–Trinajstić information content (AvgIpc) is 3.94. The van der Waals surface area contributed by atoms with E-state index in [1.54, 1.807) is 64.6 Å². The second-order valence-corrected chi connectivity index (χ2v) is 19.2. The summed E-state index contributed by atoms with van der Waals surface area (Å²) in [5, 5.41) is 0.130. The van der Waals surface area contributed by atoms with Crippen LogP contribution in [-0.4, -0.2) is 113 Å². The number of anilines is 1. The summed E-state index contributed by atoms with van der Waals surface area (Å²) in [5.41, 5.74) is 2.00. The van der Waals surface area contributed by atoms with Crippen molar-refractivity contribution < 1.29 is 42.1 Å². The molecule has 3 aliphatic heterocycles. The molecule has 7 rings (SSSR count). The van der Waals surface area contributed by atoms with Gasteiger partial charge in [0.1, 0.15) is 34.0 Å². The van der Waals surface area contributed by atoms with Crippen LogP contribution in [0.25, 0.3) is 5.57 Å². The maximum absolute atomic E-state index is 15.5. The Hall–Kier alpha value is -4.66. The van der Waals surface area contributed by atoms with E-state index in [-0.39, 0.29) is 43.8 Å². The van der Waals surface area contributed by atoms with Crippen LogP contribution >= 0.6 is 23.2 Å². The van der Waals surface area contributed by atoms with Gasteiger partial charge in [0.25, 0.3) is 5.91 Å². The summed E-state index contributed by atoms with van der Waals surface area (Å²) in [7, 11) is 1.65. The van der Waals surface area contributed by atoms with Crippen LogP contribution in [0.5, 0.6) is 5.75 Å². The normalized spacial score (nSPS) is 20.4. The number of piperazine rings is 1. The predicted octanol–water partition coefficient (Wildman–Crippen LogP) is 9.09. The van der Waals surface area contributed by atoms with Gasteiger partial charge in [-0.05, 0) is 120 Å². The van der Waals surface area contributed by atoms with Crippen molar-refractivity contribution in [3.8, 4) is 5.75 Å². The van der Waals surface area contributed by atoms with E-state index in [0.29, 0.717) is 54.5 Å². The molecule has 1 aromatic heterocycles. The smallest absolute Gasteiger partial charge is 0.411 e. The molecular formula is C46H55Cl2F2N5O7. The number of rotatable bonds is 11. The molecule has 1 aliphatic carbocycles. The summed E-state index contributed by atoms with van der Waals surface area (Å²) >= 11 is 12.8. The second-order valence-electron chi connectivity index (χ2n) is 18.4. The Labute approximate surface area is 372 Å². The van der Waals surface area contributed by atoms with Crippen molar-refractivity contribution in [2.45, 2.75) is 116 Å². The molecule has 4 heterocycles.